The highest BCUT2D eigenvalue weighted by atomic mass is 32.2. The summed E-state index contributed by atoms with van der Waals surface area (Å²) in [6.45, 7) is 2.18. The molecule has 0 aliphatic carbocycles. The molecule has 8 heteroatoms. The van der Waals surface area contributed by atoms with Crippen LogP contribution in [-0.2, 0) is 23.9 Å². The lowest BCUT2D eigenvalue weighted by Crippen LogP contribution is -2.23. The zero-order valence-corrected chi connectivity index (χ0v) is 10.5. The maximum absolute atomic E-state index is 11.2. The van der Waals surface area contributed by atoms with Crippen molar-refractivity contribution in [1.29, 1.82) is 0 Å². The molecule has 1 aliphatic heterocycles. The van der Waals surface area contributed by atoms with Gasteiger partial charge in [0, 0.05) is 5.75 Å². The summed E-state index contributed by atoms with van der Waals surface area (Å²) < 4.78 is 31.5. The Morgan fingerprint density at radius 2 is 2.31 bits per heavy atom. The molecule has 16 heavy (non-hydrogen) atoms. The van der Waals surface area contributed by atoms with E-state index in [0.29, 0.717) is 18.8 Å². The number of hydrogen-bond acceptors (Lipinski definition) is 7. The number of nitrogens with zero attached hydrogens (tertiary/aromatic N) is 1. The summed E-state index contributed by atoms with van der Waals surface area (Å²) in [7, 11) is -3.68. The standard InChI is InChI=1S/C8H13NO5S2/c1-2-3-6-16(11,12)14-9-7-8(10)13-4-5-15-7/h2-6H2,1H3. The molecule has 0 aromatic rings. The highest BCUT2D eigenvalue weighted by molar-refractivity contribution is 8.15. The molecule has 0 amide bonds. The van der Waals surface area contributed by atoms with Crippen LogP contribution in [0.15, 0.2) is 5.16 Å². The van der Waals surface area contributed by atoms with Gasteiger partial charge in [-0.25, -0.2) is 4.79 Å². The lowest BCUT2D eigenvalue weighted by molar-refractivity contribution is -0.135. The number of esters is 1. The fourth-order valence-corrected chi connectivity index (χ4v) is 2.48. The topological polar surface area (TPSA) is 82.0 Å². The Bertz CT molecular complexity index is 376. The van der Waals surface area contributed by atoms with E-state index in [2.05, 4.69) is 14.2 Å². The Kier molecular flexibility index (Phi) is 5.07. The Balaban J connectivity index is 2.54. The quantitative estimate of drug-likeness (QED) is 0.539. The third kappa shape index (κ3) is 4.40. The zero-order valence-electron chi connectivity index (χ0n) is 8.84. The van der Waals surface area contributed by atoms with Gasteiger partial charge in [-0.3, -0.25) is 4.28 Å². The van der Waals surface area contributed by atoms with E-state index in [-0.39, 0.29) is 10.8 Å². The number of oxime groups is 1. The third-order valence-electron chi connectivity index (χ3n) is 1.71. The molecule has 0 atom stereocenters. The molecule has 6 nitrogen and oxygen atoms in total. The van der Waals surface area contributed by atoms with Crippen molar-refractivity contribution in [1.82, 2.24) is 0 Å². The number of carbonyl (C=O) groups is 1. The molecule has 1 heterocycles. The van der Waals surface area contributed by atoms with Gasteiger partial charge in [0.15, 0.2) is 0 Å². The van der Waals surface area contributed by atoms with E-state index in [4.69, 9.17) is 0 Å². The van der Waals surface area contributed by atoms with Crippen molar-refractivity contribution in [3.63, 3.8) is 0 Å². The summed E-state index contributed by atoms with van der Waals surface area (Å²) in [6.07, 6.45) is 1.25. The summed E-state index contributed by atoms with van der Waals surface area (Å²) in [6, 6.07) is 0. The van der Waals surface area contributed by atoms with Gasteiger partial charge in [-0.1, -0.05) is 30.3 Å². The first-order valence-electron chi connectivity index (χ1n) is 4.84. The van der Waals surface area contributed by atoms with Gasteiger partial charge in [0.05, 0.1) is 5.75 Å². The average Bonchev–Trinajstić information content (AvgIpc) is 2.26. The predicted octanol–water partition coefficient (Wildman–Crippen LogP) is 0.736. The van der Waals surface area contributed by atoms with Gasteiger partial charge < -0.3 is 4.74 Å². The van der Waals surface area contributed by atoms with Crippen molar-refractivity contribution >= 4 is 32.9 Å². The Morgan fingerprint density at radius 3 is 2.94 bits per heavy atom. The molecular weight excluding hydrogens is 254 g/mol. The maximum Gasteiger partial charge on any atom is 0.367 e. The molecule has 92 valence electrons. The van der Waals surface area contributed by atoms with E-state index in [1.54, 1.807) is 0 Å². The number of rotatable bonds is 5. The van der Waals surface area contributed by atoms with Crippen LogP contribution in [0.2, 0.25) is 0 Å². The SMILES string of the molecule is CCCCS(=O)(=O)ON=C1SCCOC1=O. The van der Waals surface area contributed by atoms with Crippen molar-refractivity contribution in [2.75, 3.05) is 18.1 Å². The van der Waals surface area contributed by atoms with Crippen molar-refractivity contribution in [3.8, 4) is 0 Å². The van der Waals surface area contributed by atoms with E-state index in [0.717, 1.165) is 18.2 Å². The predicted molar refractivity (Wildman–Crippen MR) is 60.6 cm³/mol. The number of cyclic esters (lactones) is 1. The molecule has 0 spiro atoms. The maximum atomic E-state index is 11.2. The van der Waals surface area contributed by atoms with Crippen LogP contribution in [0.1, 0.15) is 19.8 Å². The monoisotopic (exact) mass is 267 g/mol. The van der Waals surface area contributed by atoms with Crippen molar-refractivity contribution in [2.24, 2.45) is 5.16 Å². The summed E-state index contributed by atoms with van der Waals surface area (Å²) >= 11 is 1.12. The first kappa shape index (κ1) is 13.3. The van der Waals surface area contributed by atoms with Crippen LogP contribution in [0.25, 0.3) is 0 Å². The van der Waals surface area contributed by atoms with Gasteiger partial charge in [0.1, 0.15) is 6.61 Å². The highest BCUT2D eigenvalue weighted by Gasteiger charge is 2.21. The van der Waals surface area contributed by atoms with E-state index >= 15 is 0 Å². The fraction of sp³-hybridized carbons (Fsp3) is 0.750. The van der Waals surface area contributed by atoms with Gasteiger partial charge in [-0.05, 0) is 6.42 Å². The van der Waals surface area contributed by atoms with Crippen LogP contribution in [0, 0.1) is 0 Å². The second-order valence-corrected chi connectivity index (χ2v) is 5.83. The van der Waals surface area contributed by atoms with Crippen LogP contribution in [0.3, 0.4) is 0 Å². The summed E-state index contributed by atoms with van der Waals surface area (Å²) in [5.41, 5.74) is 0. The highest BCUT2D eigenvalue weighted by Crippen LogP contribution is 2.13. The largest absolute Gasteiger partial charge is 0.460 e. The Morgan fingerprint density at radius 1 is 1.56 bits per heavy atom. The number of unbranched alkanes of at least 4 members (excludes halogenated alkanes) is 1. The molecule has 1 fully saturated rings. The number of ether oxygens (including phenoxy) is 1. The molecule has 1 saturated heterocycles. The lowest BCUT2D eigenvalue weighted by atomic mass is 10.4. The fourth-order valence-electron chi connectivity index (χ4n) is 0.906. The van der Waals surface area contributed by atoms with Crippen molar-refractivity contribution in [2.45, 2.75) is 19.8 Å². The molecule has 0 aromatic heterocycles. The van der Waals surface area contributed by atoms with Gasteiger partial charge in [0.2, 0.25) is 5.04 Å². The molecule has 0 radical (unpaired) electrons. The van der Waals surface area contributed by atoms with Crippen LogP contribution < -0.4 is 0 Å². The zero-order chi connectivity index (χ0) is 12.0. The lowest BCUT2D eigenvalue weighted by Gasteiger charge is -2.11. The number of hydrogen-bond donors (Lipinski definition) is 0. The van der Waals surface area contributed by atoms with Crippen LogP contribution >= 0.6 is 11.8 Å². The summed E-state index contributed by atoms with van der Waals surface area (Å²) in [5, 5.41) is 3.26. The smallest absolute Gasteiger partial charge is 0.367 e. The van der Waals surface area contributed by atoms with Crippen molar-refractivity contribution < 1.29 is 22.2 Å². The minimum Gasteiger partial charge on any atom is -0.460 e. The molecule has 0 N–H and O–H groups in total. The van der Waals surface area contributed by atoms with Crippen LogP contribution in [-0.4, -0.2) is 37.5 Å². The molecule has 1 aliphatic rings. The molecular formula is C8H13NO5S2. The average molecular weight is 267 g/mol. The van der Waals surface area contributed by atoms with Crippen LogP contribution in [0.5, 0.6) is 0 Å². The summed E-state index contributed by atoms with van der Waals surface area (Å²) in [5.74, 6) is -0.176. The third-order valence-corrected chi connectivity index (χ3v) is 3.69. The molecule has 0 unspecified atom stereocenters. The van der Waals surface area contributed by atoms with E-state index in [1.807, 2.05) is 6.92 Å². The van der Waals surface area contributed by atoms with Crippen molar-refractivity contribution in [3.05, 3.63) is 0 Å². The van der Waals surface area contributed by atoms with Gasteiger partial charge in [-0.2, -0.15) is 8.42 Å². The minimum absolute atomic E-state index is 0.0497. The molecule has 0 bridgehead atoms. The number of carbonyl (C=O) groups excluding carboxylic acids is 1. The normalized spacial score (nSPS) is 19.6. The first-order valence-corrected chi connectivity index (χ1v) is 7.40. The van der Waals surface area contributed by atoms with Gasteiger partial charge in [-0.15, -0.1) is 0 Å². The second-order valence-electron chi connectivity index (χ2n) is 3.07. The van der Waals surface area contributed by atoms with Gasteiger partial charge >= 0.3 is 16.1 Å². The second kappa shape index (κ2) is 6.09. The number of thioether (sulfide) groups is 1. The Labute approximate surface area is 98.5 Å². The molecule has 0 saturated carbocycles. The van der Waals surface area contributed by atoms with Crippen LogP contribution in [0.4, 0.5) is 0 Å². The van der Waals surface area contributed by atoms with Gasteiger partial charge in [0.25, 0.3) is 0 Å². The molecule has 1 rings (SSSR count). The first-order chi connectivity index (χ1) is 7.55. The summed E-state index contributed by atoms with van der Waals surface area (Å²) in [4.78, 5) is 11.1. The van der Waals surface area contributed by atoms with E-state index < -0.39 is 16.1 Å². The Hall–Kier alpha value is -0.760. The van der Waals surface area contributed by atoms with E-state index in [9.17, 15) is 13.2 Å². The van der Waals surface area contributed by atoms with E-state index in [1.165, 1.54) is 0 Å². The minimum atomic E-state index is -3.68. The molecule has 0 aromatic carbocycles.